The molecule has 0 radical (unpaired) electrons. The van der Waals surface area contributed by atoms with Crippen LogP contribution in [0.5, 0.6) is 5.75 Å². The summed E-state index contributed by atoms with van der Waals surface area (Å²) < 4.78 is 5.39. The highest BCUT2D eigenvalue weighted by atomic mass is 16.5. The third-order valence-electron chi connectivity index (χ3n) is 3.87. The molecule has 1 atom stereocenters. The highest BCUT2D eigenvalue weighted by Gasteiger charge is 2.23. The summed E-state index contributed by atoms with van der Waals surface area (Å²) in [5.41, 5.74) is 2.04. The van der Waals surface area contributed by atoms with Crippen molar-refractivity contribution in [2.75, 3.05) is 29.2 Å². The second kappa shape index (κ2) is 6.62. The van der Waals surface area contributed by atoms with Crippen LogP contribution in [-0.4, -0.2) is 31.5 Å². The van der Waals surface area contributed by atoms with Gasteiger partial charge in [-0.15, -0.1) is 0 Å². The van der Waals surface area contributed by atoms with Crippen LogP contribution in [0.25, 0.3) is 0 Å². The summed E-state index contributed by atoms with van der Waals surface area (Å²) in [6.45, 7) is 1.79. The Morgan fingerprint density at radius 3 is 2.71 bits per heavy atom. The molecule has 2 aromatic rings. The Hall–Kier alpha value is -3.02. The van der Waals surface area contributed by atoms with Gasteiger partial charge in [0.05, 0.1) is 5.69 Å². The minimum absolute atomic E-state index is 0.00167. The summed E-state index contributed by atoms with van der Waals surface area (Å²) in [5, 5.41) is 5.94. The fraction of sp³-hybridized carbons (Fsp3) is 0.222. The molecule has 1 aliphatic heterocycles. The predicted molar refractivity (Wildman–Crippen MR) is 93.5 cm³/mol. The molecule has 1 aliphatic rings. The highest BCUT2D eigenvalue weighted by Crippen LogP contribution is 2.35. The van der Waals surface area contributed by atoms with Crippen LogP contribution in [0.15, 0.2) is 48.5 Å². The summed E-state index contributed by atoms with van der Waals surface area (Å²) >= 11 is 0. The third kappa shape index (κ3) is 3.17. The number of hydrogen-bond donors (Lipinski definition) is 2. The van der Waals surface area contributed by atoms with E-state index in [-0.39, 0.29) is 18.4 Å². The summed E-state index contributed by atoms with van der Waals surface area (Å²) in [4.78, 5) is 25.8. The molecule has 6 heteroatoms. The van der Waals surface area contributed by atoms with Gasteiger partial charge in [-0.1, -0.05) is 24.3 Å². The molecule has 3 rings (SSSR count). The van der Waals surface area contributed by atoms with Gasteiger partial charge in [0.15, 0.2) is 6.61 Å². The van der Waals surface area contributed by atoms with Crippen LogP contribution >= 0.6 is 0 Å². The Morgan fingerprint density at radius 1 is 1.21 bits per heavy atom. The smallest absolute Gasteiger partial charge is 0.262 e. The first kappa shape index (κ1) is 15.9. The maximum absolute atomic E-state index is 12.6. The topological polar surface area (TPSA) is 70.7 Å². The number of hydrogen-bond acceptors (Lipinski definition) is 4. The normalized spacial score (nSPS) is 14.0. The molecule has 24 heavy (non-hydrogen) atoms. The van der Waals surface area contributed by atoms with Crippen LogP contribution in [-0.2, 0) is 9.59 Å². The zero-order chi connectivity index (χ0) is 17.1. The number of amides is 2. The lowest BCUT2D eigenvalue weighted by atomic mass is 10.2. The second-order valence-electron chi connectivity index (χ2n) is 5.61. The van der Waals surface area contributed by atoms with E-state index in [0.29, 0.717) is 17.1 Å². The Morgan fingerprint density at radius 2 is 1.96 bits per heavy atom. The Bertz CT molecular complexity index is 761. The SMILES string of the molecule is CC(Nc1cccc2c1NC(=O)CO2)C(=O)N(C)c1ccccc1. The second-order valence-corrected chi connectivity index (χ2v) is 5.61. The van der Waals surface area contributed by atoms with Crippen molar-refractivity contribution in [2.24, 2.45) is 0 Å². The first-order valence-corrected chi connectivity index (χ1v) is 7.71. The fourth-order valence-electron chi connectivity index (χ4n) is 2.58. The molecule has 0 fully saturated rings. The Labute approximate surface area is 140 Å². The van der Waals surface area contributed by atoms with Crippen molar-refractivity contribution in [3.05, 3.63) is 48.5 Å². The first-order valence-electron chi connectivity index (χ1n) is 7.71. The maximum Gasteiger partial charge on any atom is 0.262 e. The lowest BCUT2D eigenvalue weighted by Crippen LogP contribution is -2.39. The number of likely N-dealkylation sites (N-methyl/N-ethyl adjacent to an activating group) is 1. The van der Waals surface area contributed by atoms with Gasteiger partial charge >= 0.3 is 0 Å². The molecule has 2 N–H and O–H groups in total. The molecule has 0 aliphatic carbocycles. The van der Waals surface area contributed by atoms with Gasteiger partial charge in [0.2, 0.25) is 5.91 Å². The van der Waals surface area contributed by atoms with Crippen LogP contribution in [0.1, 0.15) is 6.92 Å². The molecule has 124 valence electrons. The van der Waals surface area contributed by atoms with E-state index in [1.807, 2.05) is 36.4 Å². The third-order valence-corrected chi connectivity index (χ3v) is 3.87. The van der Waals surface area contributed by atoms with Crippen LogP contribution in [0, 0.1) is 0 Å². The summed E-state index contributed by atoms with van der Waals surface area (Å²) in [6.07, 6.45) is 0. The fourth-order valence-corrected chi connectivity index (χ4v) is 2.58. The van der Waals surface area contributed by atoms with Crippen molar-refractivity contribution >= 4 is 28.9 Å². The maximum atomic E-state index is 12.6. The Balaban J connectivity index is 1.77. The van der Waals surface area contributed by atoms with Crippen molar-refractivity contribution in [2.45, 2.75) is 13.0 Å². The van der Waals surface area contributed by atoms with E-state index in [9.17, 15) is 9.59 Å². The van der Waals surface area contributed by atoms with Gasteiger partial charge in [0.25, 0.3) is 5.91 Å². The predicted octanol–water partition coefficient (Wildman–Crippen LogP) is 2.48. The zero-order valence-electron chi connectivity index (χ0n) is 13.6. The number of nitrogens with zero attached hydrogens (tertiary/aromatic N) is 1. The zero-order valence-corrected chi connectivity index (χ0v) is 13.6. The highest BCUT2D eigenvalue weighted by molar-refractivity contribution is 6.01. The number of para-hydroxylation sites is 2. The van der Waals surface area contributed by atoms with Crippen molar-refractivity contribution in [3.8, 4) is 5.75 Å². The molecule has 0 aromatic heterocycles. The van der Waals surface area contributed by atoms with E-state index >= 15 is 0 Å². The monoisotopic (exact) mass is 325 g/mol. The number of fused-ring (bicyclic) bond motifs is 1. The molecule has 0 bridgehead atoms. The average molecular weight is 325 g/mol. The van der Waals surface area contributed by atoms with Gasteiger partial charge in [-0.05, 0) is 31.2 Å². The van der Waals surface area contributed by atoms with E-state index in [1.54, 1.807) is 31.0 Å². The van der Waals surface area contributed by atoms with Crippen molar-refractivity contribution in [1.82, 2.24) is 0 Å². The standard InChI is InChI=1S/C18H19N3O3/c1-12(18(23)21(2)13-7-4-3-5-8-13)19-14-9-6-10-15-17(14)20-16(22)11-24-15/h3-10,12,19H,11H2,1-2H3,(H,20,22). The van der Waals surface area contributed by atoms with Gasteiger partial charge in [-0.2, -0.15) is 0 Å². The van der Waals surface area contributed by atoms with Crippen LogP contribution in [0.2, 0.25) is 0 Å². The van der Waals surface area contributed by atoms with E-state index in [0.717, 1.165) is 5.69 Å². The van der Waals surface area contributed by atoms with Crippen molar-refractivity contribution in [3.63, 3.8) is 0 Å². The van der Waals surface area contributed by atoms with Gasteiger partial charge in [0.1, 0.15) is 17.5 Å². The number of carbonyl (C=O) groups is 2. The van der Waals surface area contributed by atoms with E-state index in [1.165, 1.54) is 0 Å². The lowest BCUT2D eigenvalue weighted by molar-refractivity contribution is -0.119. The largest absolute Gasteiger partial charge is 0.482 e. The van der Waals surface area contributed by atoms with Crippen LogP contribution < -0.4 is 20.3 Å². The molecular weight excluding hydrogens is 306 g/mol. The molecule has 2 aromatic carbocycles. The number of ether oxygens (including phenoxy) is 1. The number of carbonyl (C=O) groups excluding carboxylic acids is 2. The first-order chi connectivity index (χ1) is 11.6. The van der Waals surface area contributed by atoms with E-state index in [4.69, 9.17) is 4.74 Å². The number of nitrogens with one attached hydrogen (secondary N) is 2. The van der Waals surface area contributed by atoms with Gasteiger partial charge in [-0.25, -0.2) is 0 Å². The van der Waals surface area contributed by atoms with E-state index < -0.39 is 6.04 Å². The molecular formula is C18H19N3O3. The molecule has 6 nitrogen and oxygen atoms in total. The minimum atomic E-state index is -0.472. The van der Waals surface area contributed by atoms with Crippen molar-refractivity contribution in [1.29, 1.82) is 0 Å². The quantitative estimate of drug-likeness (QED) is 0.906. The number of benzene rings is 2. The average Bonchev–Trinajstić information content (AvgIpc) is 2.61. The number of rotatable bonds is 4. The van der Waals surface area contributed by atoms with Crippen LogP contribution in [0.4, 0.5) is 17.1 Å². The van der Waals surface area contributed by atoms with Gasteiger partial charge in [0, 0.05) is 12.7 Å². The Kier molecular flexibility index (Phi) is 4.37. The molecule has 1 heterocycles. The van der Waals surface area contributed by atoms with Gasteiger partial charge in [-0.3, -0.25) is 9.59 Å². The summed E-state index contributed by atoms with van der Waals surface area (Å²) in [6, 6.07) is 14.4. The summed E-state index contributed by atoms with van der Waals surface area (Å²) in [5.74, 6) is 0.301. The molecule has 1 unspecified atom stereocenters. The van der Waals surface area contributed by atoms with E-state index in [2.05, 4.69) is 10.6 Å². The minimum Gasteiger partial charge on any atom is -0.482 e. The molecule has 0 saturated carbocycles. The lowest BCUT2D eigenvalue weighted by Gasteiger charge is -2.25. The van der Waals surface area contributed by atoms with Crippen LogP contribution in [0.3, 0.4) is 0 Å². The molecule has 0 saturated heterocycles. The van der Waals surface area contributed by atoms with Gasteiger partial charge < -0.3 is 20.3 Å². The van der Waals surface area contributed by atoms with Crippen molar-refractivity contribution < 1.29 is 14.3 Å². The number of anilines is 3. The summed E-state index contributed by atoms with van der Waals surface area (Å²) in [7, 11) is 1.74. The molecule has 0 spiro atoms. The molecule has 2 amide bonds.